The second-order valence-electron chi connectivity index (χ2n) is 6.56. The van der Waals surface area contributed by atoms with Gasteiger partial charge >= 0.3 is 0 Å². The highest BCUT2D eigenvalue weighted by Crippen LogP contribution is 2.20. The summed E-state index contributed by atoms with van der Waals surface area (Å²) < 4.78 is 5.89. The number of ether oxygens (including phenoxy) is 1. The van der Waals surface area contributed by atoms with Crippen molar-refractivity contribution in [3.63, 3.8) is 0 Å². The summed E-state index contributed by atoms with van der Waals surface area (Å²) in [6, 6.07) is 20.9. The standard InChI is InChI=1S/C20H23N5O/c1-3-7-17(8-4-1)11-12-25-22-20(21-23-25)19-16-24(13-14-26-19)15-18-9-5-2-6-10-18/h1-10,19H,11-16H2. The molecule has 4 rings (SSSR count). The van der Waals surface area contributed by atoms with Crippen LogP contribution < -0.4 is 0 Å². The van der Waals surface area contributed by atoms with Crippen molar-refractivity contribution >= 4 is 0 Å². The van der Waals surface area contributed by atoms with Crippen LogP contribution in [0.5, 0.6) is 0 Å². The number of rotatable bonds is 6. The quantitative estimate of drug-likeness (QED) is 0.684. The predicted octanol–water partition coefficient (Wildman–Crippen LogP) is 2.49. The molecule has 1 aliphatic rings. The molecule has 2 aromatic carbocycles. The molecule has 0 saturated carbocycles. The van der Waals surface area contributed by atoms with Crippen molar-refractivity contribution in [2.75, 3.05) is 19.7 Å². The third-order valence-corrected chi connectivity index (χ3v) is 4.60. The average Bonchev–Trinajstić information content (AvgIpc) is 3.17. The number of benzene rings is 2. The van der Waals surface area contributed by atoms with Crippen molar-refractivity contribution < 1.29 is 4.74 Å². The molecule has 3 aromatic rings. The Bertz CT molecular complexity index is 805. The molecule has 1 unspecified atom stereocenters. The summed E-state index contributed by atoms with van der Waals surface area (Å²) in [4.78, 5) is 4.05. The smallest absolute Gasteiger partial charge is 0.204 e. The SMILES string of the molecule is c1ccc(CCn2nnc(C3CN(Cc4ccccc4)CCO3)n2)cc1. The van der Waals surface area contributed by atoms with E-state index in [1.54, 1.807) is 4.80 Å². The van der Waals surface area contributed by atoms with E-state index in [1.165, 1.54) is 11.1 Å². The van der Waals surface area contributed by atoms with Gasteiger partial charge in [-0.3, -0.25) is 4.90 Å². The number of tetrazole rings is 1. The summed E-state index contributed by atoms with van der Waals surface area (Å²) in [5.41, 5.74) is 2.59. The molecule has 2 heterocycles. The summed E-state index contributed by atoms with van der Waals surface area (Å²) >= 11 is 0. The lowest BCUT2D eigenvalue weighted by atomic mass is 10.2. The Labute approximate surface area is 153 Å². The van der Waals surface area contributed by atoms with Crippen LogP contribution in [0.4, 0.5) is 0 Å². The fraction of sp³-hybridized carbons (Fsp3) is 0.350. The van der Waals surface area contributed by atoms with Gasteiger partial charge in [-0.15, -0.1) is 10.2 Å². The van der Waals surface area contributed by atoms with Gasteiger partial charge in [-0.1, -0.05) is 60.7 Å². The monoisotopic (exact) mass is 349 g/mol. The van der Waals surface area contributed by atoms with Crippen LogP contribution in [0.1, 0.15) is 23.1 Å². The largest absolute Gasteiger partial charge is 0.367 e. The van der Waals surface area contributed by atoms with Crippen LogP contribution in [0.3, 0.4) is 0 Å². The first-order valence-electron chi connectivity index (χ1n) is 9.06. The van der Waals surface area contributed by atoms with E-state index in [4.69, 9.17) is 4.74 Å². The van der Waals surface area contributed by atoms with Crippen molar-refractivity contribution in [1.82, 2.24) is 25.1 Å². The summed E-state index contributed by atoms with van der Waals surface area (Å²) in [6.07, 6.45) is 0.778. The lowest BCUT2D eigenvalue weighted by molar-refractivity contribution is -0.0373. The molecule has 0 amide bonds. The van der Waals surface area contributed by atoms with Crippen LogP contribution in [0.15, 0.2) is 60.7 Å². The van der Waals surface area contributed by atoms with Gasteiger partial charge in [0.25, 0.3) is 0 Å². The predicted molar refractivity (Wildman–Crippen MR) is 98.4 cm³/mol. The average molecular weight is 349 g/mol. The van der Waals surface area contributed by atoms with E-state index in [0.29, 0.717) is 12.4 Å². The molecule has 0 N–H and O–H groups in total. The molecule has 6 heteroatoms. The highest BCUT2D eigenvalue weighted by molar-refractivity contribution is 5.15. The van der Waals surface area contributed by atoms with Crippen molar-refractivity contribution in [2.24, 2.45) is 0 Å². The van der Waals surface area contributed by atoms with E-state index in [1.807, 2.05) is 24.3 Å². The van der Waals surface area contributed by atoms with Gasteiger partial charge in [-0.05, 0) is 22.8 Å². The third kappa shape index (κ3) is 4.33. The molecule has 0 spiro atoms. The summed E-state index contributed by atoms with van der Waals surface area (Å²) in [5.74, 6) is 0.677. The molecule has 0 radical (unpaired) electrons. The van der Waals surface area contributed by atoms with Crippen LogP contribution in [0.2, 0.25) is 0 Å². The Kier molecular flexibility index (Phi) is 5.33. The number of aryl methyl sites for hydroxylation is 2. The number of morpholine rings is 1. The van der Waals surface area contributed by atoms with Gasteiger partial charge in [0.15, 0.2) is 0 Å². The number of nitrogens with zero attached hydrogens (tertiary/aromatic N) is 5. The van der Waals surface area contributed by atoms with E-state index >= 15 is 0 Å². The van der Waals surface area contributed by atoms with Crippen molar-refractivity contribution in [2.45, 2.75) is 25.6 Å². The van der Waals surface area contributed by atoms with E-state index in [-0.39, 0.29) is 6.10 Å². The minimum Gasteiger partial charge on any atom is -0.367 e. The molecular weight excluding hydrogens is 326 g/mol. The van der Waals surface area contributed by atoms with Gasteiger partial charge < -0.3 is 4.74 Å². The van der Waals surface area contributed by atoms with E-state index in [9.17, 15) is 0 Å². The van der Waals surface area contributed by atoms with Crippen LogP contribution >= 0.6 is 0 Å². The fourth-order valence-electron chi connectivity index (χ4n) is 3.20. The van der Waals surface area contributed by atoms with Crippen molar-refractivity contribution in [1.29, 1.82) is 0 Å². The van der Waals surface area contributed by atoms with Crippen LogP contribution in [0, 0.1) is 0 Å². The zero-order chi connectivity index (χ0) is 17.6. The molecule has 1 saturated heterocycles. The first-order valence-corrected chi connectivity index (χ1v) is 9.06. The lowest BCUT2D eigenvalue weighted by Gasteiger charge is -2.31. The molecule has 1 fully saturated rings. The Hall–Kier alpha value is -2.57. The molecule has 1 aromatic heterocycles. The van der Waals surface area contributed by atoms with E-state index in [2.05, 4.69) is 56.7 Å². The maximum absolute atomic E-state index is 5.89. The molecule has 6 nitrogen and oxygen atoms in total. The summed E-state index contributed by atoms with van der Waals surface area (Å²) in [5, 5.41) is 12.9. The molecule has 0 aliphatic carbocycles. The first kappa shape index (κ1) is 16.9. The Balaban J connectivity index is 1.34. The second-order valence-corrected chi connectivity index (χ2v) is 6.56. The van der Waals surface area contributed by atoms with Crippen molar-refractivity contribution in [3.8, 4) is 0 Å². The van der Waals surface area contributed by atoms with Crippen LogP contribution in [-0.2, 0) is 24.2 Å². The highest BCUT2D eigenvalue weighted by atomic mass is 16.5. The molecule has 1 atom stereocenters. The summed E-state index contributed by atoms with van der Waals surface area (Å²) in [6.45, 7) is 4.04. The van der Waals surface area contributed by atoms with E-state index in [0.717, 1.165) is 32.6 Å². The topological polar surface area (TPSA) is 56.1 Å². The minimum absolute atomic E-state index is 0.113. The maximum atomic E-state index is 5.89. The Morgan fingerprint density at radius 3 is 2.46 bits per heavy atom. The van der Waals surface area contributed by atoms with Gasteiger partial charge in [0.05, 0.1) is 13.2 Å². The normalized spacial score (nSPS) is 18.1. The zero-order valence-electron chi connectivity index (χ0n) is 14.7. The third-order valence-electron chi connectivity index (χ3n) is 4.60. The Morgan fingerprint density at radius 2 is 1.69 bits per heavy atom. The zero-order valence-corrected chi connectivity index (χ0v) is 14.7. The van der Waals surface area contributed by atoms with Gasteiger partial charge in [-0.2, -0.15) is 4.80 Å². The van der Waals surface area contributed by atoms with Gasteiger partial charge in [0, 0.05) is 19.6 Å². The molecular formula is C20H23N5O. The number of aromatic nitrogens is 4. The minimum atomic E-state index is -0.113. The van der Waals surface area contributed by atoms with E-state index < -0.39 is 0 Å². The Morgan fingerprint density at radius 1 is 0.962 bits per heavy atom. The van der Waals surface area contributed by atoms with Crippen LogP contribution in [0.25, 0.3) is 0 Å². The summed E-state index contributed by atoms with van der Waals surface area (Å²) in [7, 11) is 0. The number of hydrogen-bond donors (Lipinski definition) is 0. The number of hydrogen-bond acceptors (Lipinski definition) is 5. The van der Waals surface area contributed by atoms with Gasteiger partial charge in [-0.25, -0.2) is 0 Å². The molecule has 0 bridgehead atoms. The lowest BCUT2D eigenvalue weighted by Crippen LogP contribution is -2.38. The highest BCUT2D eigenvalue weighted by Gasteiger charge is 2.25. The van der Waals surface area contributed by atoms with Crippen molar-refractivity contribution in [3.05, 3.63) is 77.6 Å². The first-order chi connectivity index (χ1) is 12.9. The molecule has 1 aliphatic heterocycles. The molecule has 26 heavy (non-hydrogen) atoms. The fourth-order valence-corrected chi connectivity index (χ4v) is 3.20. The maximum Gasteiger partial charge on any atom is 0.204 e. The van der Waals surface area contributed by atoms with Crippen LogP contribution in [-0.4, -0.2) is 44.8 Å². The van der Waals surface area contributed by atoms with Gasteiger partial charge in [0.2, 0.25) is 5.82 Å². The van der Waals surface area contributed by atoms with Gasteiger partial charge in [0.1, 0.15) is 6.10 Å². The molecule has 134 valence electrons. The second kappa shape index (κ2) is 8.21.